The second kappa shape index (κ2) is 10.4. The Bertz CT molecular complexity index is 824. The topological polar surface area (TPSA) is 83.8 Å². The molecule has 0 spiro atoms. The number of aliphatic hydroxyl groups excluding tert-OH is 2. The second-order valence-corrected chi connectivity index (χ2v) is 16.8. The van der Waals surface area contributed by atoms with Crippen LogP contribution in [0.4, 0.5) is 0 Å². The van der Waals surface area contributed by atoms with Crippen LogP contribution in [0.1, 0.15) is 80.1 Å². The minimum atomic E-state index is -3.69. The molecule has 1 saturated heterocycles. The molecule has 4 rings (SSSR count). The molecule has 1 heterocycles. The summed E-state index contributed by atoms with van der Waals surface area (Å²) in [5.41, 5.74) is -0.804. The summed E-state index contributed by atoms with van der Waals surface area (Å²) >= 11 is 7.69. The van der Waals surface area contributed by atoms with Crippen molar-refractivity contribution in [3.05, 3.63) is 0 Å². The average Bonchev–Trinajstić information content (AvgIpc) is 3.03. The molecule has 2 N–H and O–H groups in total. The van der Waals surface area contributed by atoms with Crippen LogP contribution in [-0.4, -0.2) is 51.3 Å². The van der Waals surface area contributed by atoms with E-state index in [1.54, 1.807) is 0 Å². The van der Waals surface area contributed by atoms with Gasteiger partial charge in [-0.15, -0.1) is 0 Å². The molecule has 0 aromatic rings. The SMILES string of the molecule is CC(C)[C@H]1C[C@@H](C2([C@H]3C[C@@H](C(C)C)[C@H](O)[C@H](Br)[C@H]3C)OS(=O)(=O)[C@@H]3CCCC[C@@H]32)[C@@H](C)[C@@H](Br)[C@H]1O. The van der Waals surface area contributed by atoms with E-state index >= 15 is 0 Å². The monoisotopic (exact) mass is 640 g/mol. The summed E-state index contributed by atoms with van der Waals surface area (Å²) in [6, 6.07) is 0. The van der Waals surface area contributed by atoms with E-state index in [0.29, 0.717) is 6.42 Å². The third-order valence-corrected chi connectivity index (χ3v) is 15.2. The lowest BCUT2D eigenvalue weighted by Crippen LogP contribution is -2.63. The Balaban J connectivity index is 1.89. The van der Waals surface area contributed by atoms with Gasteiger partial charge in [-0.2, -0.15) is 8.42 Å². The van der Waals surface area contributed by atoms with E-state index < -0.39 is 33.2 Å². The summed E-state index contributed by atoms with van der Waals surface area (Å²) in [5, 5.41) is 21.9. The van der Waals surface area contributed by atoms with Gasteiger partial charge in [0.2, 0.25) is 0 Å². The van der Waals surface area contributed by atoms with E-state index in [4.69, 9.17) is 4.18 Å². The molecule has 35 heavy (non-hydrogen) atoms. The molecule has 204 valence electrons. The van der Waals surface area contributed by atoms with Gasteiger partial charge < -0.3 is 10.2 Å². The van der Waals surface area contributed by atoms with Crippen LogP contribution in [-0.2, 0) is 14.3 Å². The first kappa shape index (κ1) is 28.8. The van der Waals surface area contributed by atoms with E-state index in [2.05, 4.69) is 73.4 Å². The van der Waals surface area contributed by atoms with Crippen molar-refractivity contribution in [2.75, 3.05) is 0 Å². The van der Waals surface area contributed by atoms with Crippen molar-refractivity contribution >= 4 is 42.0 Å². The molecule has 4 aliphatic rings. The maximum atomic E-state index is 13.7. The number of hydrogen-bond acceptors (Lipinski definition) is 5. The third kappa shape index (κ3) is 4.64. The highest BCUT2D eigenvalue weighted by Gasteiger charge is 2.69. The minimum Gasteiger partial charge on any atom is -0.392 e. The van der Waals surface area contributed by atoms with Crippen LogP contribution in [0.2, 0.25) is 0 Å². The van der Waals surface area contributed by atoms with Crippen molar-refractivity contribution in [1.29, 1.82) is 0 Å². The van der Waals surface area contributed by atoms with Gasteiger partial charge in [-0.05, 0) is 73.0 Å². The summed E-state index contributed by atoms with van der Waals surface area (Å²) in [5.74, 6) is 0.870. The van der Waals surface area contributed by atoms with Crippen molar-refractivity contribution in [2.24, 2.45) is 53.3 Å². The fourth-order valence-corrected chi connectivity index (χ4v) is 12.2. The average molecular weight is 643 g/mol. The highest BCUT2D eigenvalue weighted by atomic mass is 79.9. The zero-order chi connectivity index (χ0) is 26.0. The summed E-state index contributed by atoms with van der Waals surface area (Å²) in [6.07, 6.45) is 4.14. The van der Waals surface area contributed by atoms with Crippen LogP contribution < -0.4 is 0 Å². The molecule has 0 aromatic carbocycles. The van der Waals surface area contributed by atoms with Gasteiger partial charge in [0.1, 0.15) is 0 Å². The summed E-state index contributed by atoms with van der Waals surface area (Å²) in [7, 11) is -3.69. The molecular formula is C27H46Br2O5S. The Morgan fingerprint density at radius 2 is 1.23 bits per heavy atom. The van der Waals surface area contributed by atoms with Crippen LogP contribution >= 0.6 is 31.9 Å². The van der Waals surface area contributed by atoms with Gasteiger partial charge in [0.15, 0.2) is 0 Å². The molecule has 1 aliphatic heterocycles. The fraction of sp³-hybridized carbons (Fsp3) is 1.00. The molecule has 5 nitrogen and oxygen atoms in total. The van der Waals surface area contributed by atoms with Crippen LogP contribution in [0.3, 0.4) is 0 Å². The van der Waals surface area contributed by atoms with Gasteiger partial charge in [-0.3, -0.25) is 4.18 Å². The molecule has 0 amide bonds. The van der Waals surface area contributed by atoms with Crippen LogP contribution in [0.5, 0.6) is 0 Å². The minimum absolute atomic E-state index is 0.0146. The van der Waals surface area contributed by atoms with Crippen molar-refractivity contribution < 1.29 is 22.8 Å². The Kier molecular flexibility index (Phi) is 8.56. The van der Waals surface area contributed by atoms with Gasteiger partial charge in [0.05, 0.1) is 23.1 Å². The highest BCUT2D eigenvalue weighted by molar-refractivity contribution is 9.09. The lowest BCUT2D eigenvalue weighted by Gasteiger charge is -2.58. The third-order valence-electron chi connectivity index (χ3n) is 10.6. The van der Waals surface area contributed by atoms with Crippen molar-refractivity contribution in [3.63, 3.8) is 0 Å². The first-order valence-electron chi connectivity index (χ1n) is 13.8. The molecule has 3 saturated carbocycles. The Morgan fingerprint density at radius 1 is 0.800 bits per heavy atom. The molecule has 3 aliphatic carbocycles. The Morgan fingerprint density at radius 3 is 1.66 bits per heavy atom. The first-order valence-corrected chi connectivity index (χ1v) is 17.1. The largest absolute Gasteiger partial charge is 0.392 e. The smallest absolute Gasteiger partial charge is 0.271 e. The van der Waals surface area contributed by atoms with E-state index in [0.717, 1.165) is 32.1 Å². The van der Waals surface area contributed by atoms with Gasteiger partial charge in [-0.1, -0.05) is 86.2 Å². The van der Waals surface area contributed by atoms with Crippen LogP contribution in [0.25, 0.3) is 0 Å². The predicted octanol–water partition coefficient (Wildman–Crippen LogP) is 5.75. The van der Waals surface area contributed by atoms with E-state index in [-0.39, 0.29) is 62.9 Å². The first-order chi connectivity index (χ1) is 16.3. The lowest BCUT2D eigenvalue weighted by molar-refractivity contribution is -0.158. The van der Waals surface area contributed by atoms with Crippen molar-refractivity contribution in [1.82, 2.24) is 0 Å². The second-order valence-electron chi connectivity index (χ2n) is 12.9. The molecule has 0 bridgehead atoms. The maximum absolute atomic E-state index is 13.7. The van der Waals surface area contributed by atoms with Crippen molar-refractivity contribution in [3.8, 4) is 0 Å². The quantitative estimate of drug-likeness (QED) is 0.302. The molecule has 0 radical (unpaired) electrons. The number of aliphatic hydroxyl groups is 2. The summed E-state index contributed by atoms with van der Waals surface area (Å²) in [4.78, 5) is -0.214. The molecule has 13 atom stereocenters. The van der Waals surface area contributed by atoms with Gasteiger partial charge in [0, 0.05) is 15.6 Å². The Hall–Kier alpha value is 0.790. The standard InChI is InChI=1S/C27H46Br2O5S/c1-13(2)17-11-20(15(5)23(28)25(17)30)27(19-9-7-8-10-22(19)35(32,33)34-27)21-12-18(14(3)4)26(31)24(29)16(21)6/h13-26,30-31H,7-12H2,1-6H3/t15-,16+,17-,18+,19-,20-,21+,22+,23+,24+,25-,26-,27?/m0/s1. The Labute approximate surface area is 229 Å². The van der Waals surface area contributed by atoms with E-state index in [9.17, 15) is 18.6 Å². The number of halogens is 2. The fourth-order valence-electron chi connectivity index (χ4n) is 8.59. The number of rotatable bonds is 4. The molecule has 8 heteroatoms. The zero-order valence-electron chi connectivity index (χ0n) is 22.1. The number of hydrogen-bond donors (Lipinski definition) is 2. The van der Waals surface area contributed by atoms with Gasteiger partial charge in [0.25, 0.3) is 10.1 Å². The zero-order valence-corrected chi connectivity index (χ0v) is 26.1. The van der Waals surface area contributed by atoms with Crippen LogP contribution in [0.15, 0.2) is 0 Å². The van der Waals surface area contributed by atoms with E-state index in [1.807, 2.05) is 0 Å². The highest BCUT2D eigenvalue weighted by Crippen LogP contribution is 2.63. The predicted molar refractivity (Wildman–Crippen MR) is 147 cm³/mol. The number of alkyl halides is 2. The molecular weight excluding hydrogens is 596 g/mol. The summed E-state index contributed by atoms with van der Waals surface area (Å²) in [6.45, 7) is 13.0. The summed E-state index contributed by atoms with van der Waals surface area (Å²) < 4.78 is 34.0. The molecule has 4 fully saturated rings. The maximum Gasteiger partial charge on any atom is 0.271 e. The van der Waals surface area contributed by atoms with Gasteiger partial charge >= 0.3 is 0 Å². The van der Waals surface area contributed by atoms with Crippen molar-refractivity contribution in [2.45, 2.75) is 113 Å². The number of fused-ring (bicyclic) bond motifs is 1. The van der Waals surface area contributed by atoms with Gasteiger partial charge in [-0.25, -0.2) is 0 Å². The van der Waals surface area contributed by atoms with Crippen LogP contribution in [0, 0.1) is 53.3 Å². The lowest BCUT2D eigenvalue weighted by atomic mass is 9.51. The molecule has 1 unspecified atom stereocenters. The molecule has 0 aromatic heterocycles. The normalized spacial score (nSPS) is 52.6. The van der Waals surface area contributed by atoms with E-state index in [1.165, 1.54) is 0 Å².